The number of nitrogen functional groups attached to an aromatic ring is 1. The maximum absolute atomic E-state index is 15.5. The zero-order valence-electron chi connectivity index (χ0n) is 16.8. The van der Waals surface area contributed by atoms with E-state index in [-0.39, 0.29) is 4.68 Å². The normalized spacial score (nSPS) is 30.9. The first-order valence-corrected chi connectivity index (χ1v) is 12.3. The monoisotopic (exact) mass is 546 g/mol. The first-order valence-electron chi connectivity index (χ1n) is 8.44. The number of anilines is 1. The van der Waals surface area contributed by atoms with E-state index in [0.29, 0.717) is 0 Å². The van der Waals surface area contributed by atoms with Crippen molar-refractivity contribution in [2.75, 3.05) is 12.3 Å². The van der Waals surface area contributed by atoms with Gasteiger partial charge < -0.3 is 35.2 Å². The summed E-state index contributed by atoms with van der Waals surface area (Å²) >= 11 is 5.17. The highest BCUT2D eigenvalue weighted by atomic mass is 35.5. The van der Waals surface area contributed by atoms with Crippen LogP contribution in [0.1, 0.15) is 8.97 Å². The van der Waals surface area contributed by atoms with Crippen LogP contribution in [0.15, 0.2) is 11.0 Å². The fraction of sp³-hybridized carbons (Fsp3) is 0.500. The van der Waals surface area contributed by atoms with Crippen molar-refractivity contribution in [2.24, 2.45) is 0 Å². The third-order valence-electron chi connectivity index (χ3n) is 3.25. The van der Waals surface area contributed by atoms with Crippen LogP contribution in [0.2, 0.25) is 0 Å². The lowest BCUT2D eigenvalue weighted by Crippen LogP contribution is -2.45. The molecule has 3 unspecified atom stereocenters. The van der Waals surface area contributed by atoms with Crippen molar-refractivity contribution in [2.45, 2.75) is 24.1 Å². The number of nitrogens with two attached hydrogens (primary N) is 1. The van der Waals surface area contributed by atoms with E-state index in [4.69, 9.17) is 39.5 Å². The fourth-order valence-electron chi connectivity index (χ4n) is 2.15. The molecule has 0 bridgehead atoms. The molecule has 22 heteroatoms. The average Bonchev–Trinajstić information content (AvgIpc) is 2.83. The van der Waals surface area contributed by atoms with Gasteiger partial charge in [-0.2, -0.15) is 23.4 Å². The number of phosphoric acid groups is 3. The largest absolute Gasteiger partial charge is 0.490 e. The van der Waals surface area contributed by atoms with Crippen molar-refractivity contribution in [3.63, 3.8) is 0 Å². The van der Waals surface area contributed by atoms with Crippen molar-refractivity contribution in [1.29, 1.82) is 0 Å². The van der Waals surface area contributed by atoms with Gasteiger partial charge in [0, 0.05) is 5.38 Å². The zero-order chi connectivity index (χ0) is 26.3. The Labute approximate surface area is 184 Å². The van der Waals surface area contributed by atoms with Gasteiger partial charge in [-0.15, -0.1) is 0 Å². The summed E-state index contributed by atoms with van der Waals surface area (Å²) in [5.74, 6) is 1.22. The van der Waals surface area contributed by atoms with Crippen LogP contribution in [-0.4, -0.2) is 63.9 Å². The minimum Gasteiger partial charge on any atom is -0.386 e. The van der Waals surface area contributed by atoms with Crippen LogP contribution >= 0.6 is 35.1 Å². The summed E-state index contributed by atoms with van der Waals surface area (Å²) in [6, 6.07) is 0. The Hall–Kier alpha value is -1.28. The van der Waals surface area contributed by atoms with E-state index in [9.17, 15) is 28.5 Å². The molecule has 1 aromatic heterocycles. The Morgan fingerprint density at radius 3 is 2.50 bits per heavy atom. The highest BCUT2D eigenvalue weighted by molar-refractivity contribution is 7.66. The number of nitrogens with zero attached hydrogens (tertiary/aromatic N) is 3. The van der Waals surface area contributed by atoms with Gasteiger partial charge in [-0.3, -0.25) is 4.52 Å². The number of hydrogen-bond donors (Lipinski definition) is 6. The van der Waals surface area contributed by atoms with Crippen molar-refractivity contribution in [3.8, 4) is 11.3 Å². The summed E-state index contributed by atoms with van der Waals surface area (Å²) in [6.07, 6.45) is -7.02. The zero-order valence-corrected chi connectivity index (χ0v) is 18.3. The minimum atomic E-state index is -6.11. The molecule has 180 valence electrons. The van der Waals surface area contributed by atoms with Gasteiger partial charge in [-0.1, -0.05) is 0 Å². The van der Waals surface area contributed by atoms with Gasteiger partial charge in [-0.05, 0) is 17.5 Å². The van der Waals surface area contributed by atoms with E-state index in [0.717, 1.165) is 6.20 Å². The van der Waals surface area contributed by atoms with E-state index in [1.807, 2.05) is 0 Å². The molecule has 0 aliphatic carbocycles. The van der Waals surface area contributed by atoms with E-state index in [1.165, 1.54) is 0 Å². The van der Waals surface area contributed by atoms with E-state index in [2.05, 4.69) is 23.2 Å². The summed E-state index contributed by atoms with van der Waals surface area (Å²) in [5, 5.41) is 15.3. The molecule has 2 heterocycles. The quantitative estimate of drug-likeness (QED) is 0.164. The molecular weight excluding hydrogens is 531 g/mol. The molecular formula is C10H13ClFN4O13P3. The molecule has 1 fully saturated rings. The van der Waals surface area contributed by atoms with Crippen molar-refractivity contribution in [1.82, 2.24) is 14.8 Å². The minimum absolute atomic E-state index is 0.141. The Morgan fingerprint density at radius 1 is 1.34 bits per heavy atom. The van der Waals surface area contributed by atoms with Crippen LogP contribution in [0, 0.1) is 11.3 Å². The maximum Gasteiger partial charge on any atom is 0.490 e. The Balaban J connectivity index is 2.40. The summed E-state index contributed by atoms with van der Waals surface area (Å²) in [5.41, 5.74) is 0.480. The van der Waals surface area contributed by atoms with Gasteiger partial charge in [0.1, 0.15) is 18.0 Å². The Kier molecular flexibility index (Phi) is 7.11. The van der Waals surface area contributed by atoms with Gasteiger partial charge in [0.15, 0.2) is 0 Å². The first-order chi connectivity index (χ1) is 15.2. The summed E-state index contributed by atoms with van der Waals surface area (Å²) in [4.78, 5) is 50.9. The standard InChI is InChI=1S/C10H13ClFN4O13P3/c11-2-1-10(12)7(17)5(27-8(10)16-9(18)15-6(13)3-14-16)4-26-31(22,23)29-32(24,25)28-30(19,20)21/h3,5,7-8,17H,4H2,(H,22,23)(H,24,25)(H2,13,15,18)(H2,19,20,21)/t5-,7+,8-,10?/m1/s1/i4D2. The number of rotatable bonds is 8. The lowest BCUT2D eigenvalue weighted by atomic mass is 9.97. The number of ether oxygens (including phenoxy) is 1. The van der Waals surface area contributed by atoms with Crippen molar-refractivity contribution < 1.29 is 63.4 Å². The van der Waals surface area contributed by atoms with Crippen molar-refractivity contribution >= 4 is 40.9 Å². The highest BCUT2D eigenvalue weighted by Crippen LogP contribution is 2.66. The van der Waals surface area contributed by atoms with Gasteiger partial charge >= 0.3 is 29.2 Å². The number of phosphoric ester groups is 1. The molecule has 17 nitrogen and oxygen atoms in total. The van der Waals surface area contributed by atoms with Crippen LogP contribution in [-0.2, 0) is 31.6 Å². The Bertz CT molecular complexity index is 1220. The molecule has 1 aliphatic rings. The fourth-order valence-corrected chi connectivity index (χ4v) is 5.17. The molecule has 32 heavy (non-hydrogen) atoms. The summed E-state index contributed by atoms with van der Waals surface area (Å²) in [6.45, 7) is -3.79. The lowest BCUT2D eigenvalue weighted by Gasteiger charge is -2.22. The number of alkyl halides is 1. The smallest absolute Gasteiger partial charge is 0.386 e. The SMILES string of the molecule is [2H]C([2H])(OP(=O)(O)OP(=O)(O)OP(=O)(O)O)[C@H]1O[C@@H](n2ncc(N)nc2=O)C(F)(C#CCl)[C@H]1O. The first kappa shape index (κ1) is 23.9. The summed E-state index contributed by atoms with van der Waals surface area (Å²) < 4.78 is 81.0. The number of aliphatic hydroxyl groups is 1. The van der Waals surface area contributed by atoms with Crippen LogP contribution in [0.4, 0.5) is 10.2 Å². The van der Waals surface area contributed by atoms with Crippen molar-refractivity contribution in [3.05, 3.63) is 16.7 Å². The van der Waals surface area contributed by atoms with Crippen LogP contribution < -0.4 is 11.4 Å². The summed E-state index contributed by atoms with van der Waals surface area (Å²) in [7, 11) is -17.9. The molecule has 2 rings (SSSR count). The number of halogens is 2. The Morgan fingerprint density at radius 2 is 1.97 bits per heavy atom. The second-order valence-electron chi connectivity index (χ2n) is 5.55. The molecule has 0 saturated carbocycles. The molecule has 0 spiro atoms. The van der Waals surface area contributed by atoms with Crippen LogP contribution in [0.25, 0.3) is 0 Å². The molecule has 1 aromatic rings. The van der Waals surface area contributed by atoms with Gasteiger partial charge in [0.25, 0.3) is 0 Å². The third-order valence-corrected chi connectivity index (χ3v) is 7.01. The molecule has 0 radical (unpaired) electrons. The van der Waals surface area contributed by atoms with Crippen LogP contribution in [0.5, 0.6) is 0 Å². The van der Waals surface area contributed by atoms with Gasteiger partial charge in [-0.25, -0.2) is 22.9 Å². The molecule has 1 aliphatic heterocycles. The molecule has 0 amide bonds. The van der Waals surface area contributed by atoms with Gasteiger partial charge in [0.05, 0.1) is 15.5 Å². The van der Waals surface area contributed by atoms with Crippen LogP contribution in [0.3, 0.4) is 0 Å². The van der Waals surface area contributed by atoms with E-state index >= 15 is 4.39 Å². The highest BCUT2D eigenvalue weighted by Gasteiger charge is 2.59. The predicted molar refractivity (Wildman–Crippen MR) is 97.9 cm³/mol. The third kappa shape index (κ3) is 6.62. The molecule has 6 atom stereocenters. The second-order valence-corrected chi connectivity index (χ2v) is 10.1. The van der Waals surface area contributed by atoms with Gasteiger partial charge in [0.2, 0.25) is 11.9 Å². The molecule has 1 saturated heterocycles. The molecule has 0 aromatic carbocycles. The maximum atomic E-state index is 15.5. The number of hydrogen-bond acceptors (Lipinski definition) is 12. The molecule has 7 N–H and O–H groups in total. The lowest BCUT2D eigenvalue weighted by molar-refractivity contribution is -0.0601. The predicted octanol–water partition coefficient (Wildman–Crippen LogP) is -1.27. The number of aromatic nitrogens is 3. The average molecular weight is 547 g/mol. The van der Waals surface area contributed by atoms with E-state index < -0.39 is 65.6 Å². The number of aliphatic hydroxyl groups excluding tert-OH is 1. The topological polar surface area (TPSA) is 263 Å². The van der Waals surface area contributed by atoms with E-state index in [1.54, 1.807) is 11.3 Å². The second kappa shape index (κ2) is 9.53.